The number of amides is 2. The Morgan fingerprint density at radius 2 is 1.69 bits per heavy atom. The number of ether oxygens (including phenoxy) is 1. The number of nitrogens with zero attached hydrogens (tertiary/aromatic N) is 1. The highest BCUT2D eigenvalue weighted by molar-refractivity contribution is 5.86. The number of carbonyl (C=O) groups is 2. The summed E-state index contributed by atoms with van der Waals surface area (Å²) in [5, 5.41) is 11.9. The van der Waals surface area contributed by atoms with Gasteiger partial charge in [0.05, 0.1) is 6.54 Å². The van der Waals surface area contributed by atoms with Crippen molar-refractivity contribution in [1.29, 1.82) is 0 Å². The van der Waals surface area contributed by atoms with Crippen LogP contribution in [-0.2, 0) is 9.53 Å². The molecule has 8 nitrogen and oxygen atoms in total. The molecule has 0 unspecified atom stereocenters. The van der Waals surface area contributed by atoms with Crippen LogP contribution >= 0.6 is 0 Å². The van der Waals surface area contributed by atoms with Crippen LogP contribution in [0.5, 0.6) is 0 Å². The Balaban J connectivity index is 2.11. The molecule has 0 radical (unpaired) electrons. The molecule has 0 aromatic rings. The van der Waals surface area contributed by atoms with Crippen LogP contribution in [0.25, 0.3) is 0 Å². The van der Waals surface area contributed by atoms with Gasteiger partial charge in [-0.1, -0.05) is 19.3 Å². The van der Waals surface area contributed by atoms with E-state index in [0.717, 1.165) is 12.8 Å². The van der Waals surface area contributed by atoms with Crippen LogP contribution in [-0.4, -0.2) is 56.3 Å². The van der Waals surface area contributed by atoms with Gasteiger partial charge in [0.15, 0.2) is 5.96 Å². The lowest BCUT2D eigenvalue weighted by molar-refractivity contribution is -0.120. The standard InChI is InChI=1S/C18H35N5O3/c1-18(2,3)26-17(25)21-12-8-11-20-16(19-4)22-13-15(24)23-14-9-6-5-7-10-14/h14H,5-13H2,1-4H3,(H,21,25)(H,23,24)(H2,19,20,22). The van der Waals surface area contributed by atoms with Crippen LogP contribution in [0.3, 0.4) is 0 Å². The number of nitrogens with one attached hydrogen (secondary N) is 4. The van der Waals surface area contributed by atoms with Crippen LogP contribution in [0.1, 0.15) is 59.3 Å². The van der Waals surface area contributed by atoms with E-state index < -0.39 is 11.7 Å². The molecule has 8 heteroatoms. The van der Waals surface area contributed by atoms with Gasteiger partial charge in [-0.25, -0.2) is 4.79 Å². The quantitative estimate of drug-likeness (QED) is 0.309. The molecule has 0 bridgehead atoms. The van der Waals surface area contributed by atoms with Gasteiger partial charge < -0.3 is 26.0 Å². The third-order valence-corrected chi connectivity index (χ3v) is 3.92. The summed E-state index contributed by atoms with van der Waals surface area (Å²) in [5.41, 5.74) is -0.494. The summed E-state index contributed by atoms with van der Waals surface area (Å²) in [7, 11) is 1.66. The molecule has 150 valence electrons. The third-order valence-electron chi connectivity index (χ3n) is 3.92. The minimum Gasteiger partial charge on any atom is -0.444 e. The van der Waals surface area contributed by atoms with Crippen LogP contribution < -0.4 is 21.3 Å². The molecule has 26 heavy (non-hydrogen) atoms. The van der Waals surface area contributed by atoms with Crippen molar-refractivity contribution in [2.75, 3.05) is 26.7 Å². The molecule has 1 aliphatic rings. The molecule has 1 aliphatic carbocycles. The van der Waals surface area contributed by atoms with Crippen molar-refractivity contribution in [3.05, 3.63) is 0 Å². The largest absolute Gasteiger partial charge is 0.444 e. The Morgan fingerprint density at radius 1 is 1.04 bits per heavy atom. The number of guanidine groups is 1. The van der Waals surface area contributed by atoms with Gasteiger partial charge in [0, 0.05) is 26.2 Å². The fourth-order valence-corrected chi connectivity index (χ4v) is 2.71. The molecule has 0 atom stereocenters. The Kier molecular flexibility index (Phi) is 9.83. The van der Waals surface area contributed by atoms with E-state index in [0.29, 0.717) is 31.5 Å². The highest BCUT2D eigenvalue weighted by atomic mass is 16.6. The molecule has 0 spiro atoms. The number of alkyl carbamates (subject to hydrolysis) is 1. The molecule has 0 aromatic carbocycles. The molecule has 0 heterocycles. The van der Waals surface area contributed by atoms with E-state index in [-0.39, 0.29) is 12.5 Å². The van der Waals surface area contributed by atoms with Gasteiger partial charge in [0.2, 0.25) is 5.91 Å². The fourth-order valence-electron chi connectivity index (χ4n) is 2.71. The van der Waals surface area contributed by atoms with E-state index in [4.69, 9.17) is 4.74 Å². The Labute approximate surface area is 156 Å². The summed E-state index contributed by atoms with van der Waals surface area (Å²) in [6, 6.07) is 0.312. The van der Waals surface area contributed by atoms with Crippen LogP contribution in [0.15, 0.2) is 4.99 Å². The van der Waals surface area contributed by atoms with E-state index in [2.05, 4.69) is 26.3 Å². The van der Waals surface area contributed by atoms with Gasteiger partial charge in [-0.15, -0.1) is 0 Å². The number of aliphatic imine (C=N–C) groups is 1. The van der Waals surface area contributed by atoms with Crippen LogP contribution in [0.4, 0.5) is 4.79 Å². The number of carbonyl (C=O) groups excluding carboxylic acids is 2. The first-order chi connectivity index (χ1) is 12.3. The van der Waals surface area contributed by atoms with Crippen molar-refractivity contribution in [3.8, 4) is 0 Å². The predicted octanol–water partition coefficient (Wildman–Crippen LogP) is 1.52. The second kappa shape index (κ2) is 11.6. The summed E-state index contributed by atoms with van der Waals surface area (Å²) in [6.45, 7) is 6.81. The number of rotatable bonds is 7. The maximum Gasteiger partial charge on any atom is 0.407 e. The summed E-state index contributed by atoms with van der Waals surface area (Å²) in [4.78, 5) is 27.6. The van der Waals surface area contributed by atoms with Gasteiger partial charge in [0.25, 0.3) is 0 Å². The highest BCUT2D eigenvalue weighted by Crippen LogP contribution is 2.17. The average Bonchev–Trinajstić information content (AvgIpc) is 2.56. The molecule has 4 N–H and O–H groups in total. The number of hydrogen-bond acceptors (Lipinski definition) is 4. The van der Waals surface area contributed by atoms with Crippen molar-refractivity contribution in [2.45, 2.75) is 70.9 Å². The molecule has 1 saturated carbocycles. The van der Waals surface area contributed by atoms with Crippen molar-refractivity contribution >= 4 is 18.0 Å². The summed E-state index contributed by atoms with van der Waals surface area (Å²) < 4.78 is 5.16. The first kappa shape index (κ1) is 22.1. The summed E-state index contributed by atoms with van der Waals surface area (Å²) in [6.07, 6.45) is 6.10. The molecule has 0 aliphatic heterocycles. The maximum atomic E-state index is 12.0. The molecule has 1 fully saturated rings. The Bertz CT molecular complexity index is 468. The van der Waals surface area contributed by atoms with E-state index in [1.54, 1.807) is 7.05 Å². The highest BCUT2D eigenvalue weighted by Gasteiger charge is 2.16. The topological polar surface area (TPSA) is 104 Å². The van der Waals surface area contributed by atoms with E-state index in [9.17, 15) is 9.59 Å². The maximum absolute atomic E-state index is 12.0. The van der Waals surface area contributed by atoms with Crippen molar-refractivity contribution < 1.29 is 14.3 Å². The second-order valence-corrected chi connectivity index (χ2v) is 7.54. The Hall–Kier alpha value is -1.99. The minimum atomic E-state index is -0.494. The normalized spacial score (nSPS) is 15.9. The lowest BCUT2D eigenvalue weighted by Crippen LogP contribution is -2.46. The van der Waals surface area contributed by atoms with E-state index >= 15 is 0 Å². The third kappa shape index (κ3) is 10.8. The SMILES string of the molecule is CN=C(NCCCNC(=O)OC(C)(C)C)NCC(=O)NC1CCCCC1. The summed E-state index contributed by atoms with van der Waals surface area (Å²) >= 11 is 0. The zero-order chi connectivity index (χ0) is 19.4. The molecular formula is C18H35N5O3. The average molecular weight is 370 g/mol. The molecular weight excluding hydrogens is 334 g/mol. The first-order valence-corrected chi connectivity index (χ1v) is 9.51. The second-order valence-electron chi connectivity index (χ2n) is 7.54. The summed E-state index contributed by atoms with van der Waals surface area (Å²) in [5.74, 6) is 0.563. The monoisotopic (exact) mass is 369 g/mol. The van der Waals surface area contributed by atoms with Crippen molar-refractivity contribution in [1.82, 2.24) is 21.3 Å². The van der Waals surface area contributed by atoms with E-state index in [1.165, 1.54) is 19.3 Å². The zero-order valence-electron chi connectivity index (χ0n) is 16.6. The Morgan fingerprint density at radius 3 is 2.31 bits per heavy atom. The first-order valence-electron chi connectivity index (χ1n) is 9.51. The lowest BCUT2D eigenvalue weighted by atomic mass is 9.95. The van der Waals surface area contributed by atoms with Gasteiger partial charge in [0.1, 0.15) is 5.60 Å². The van der Waals surface area contributed by atoms with Gasteiger partial charge in [-0.05, 0) is 40.0 Å². The van der Waals surface area contributed by atoms with Gasteiger partial charge >= 0.3 is 6.09 Å². The van der Waals surface area contributed by atoms with E-state index in [1.807, 2.05) is 20.8 Å². The predicted molar refractivity (Wildman–Crippen MR) is 103 cm³/mol. The fraction of sp³-hybridized carbons (Fsp3) is 0.833. The minimum absolute atomic E-state index is 0.00792. The smallest absolute Gasteiger partial charge is 0.407 e. The van der Waals surface area contributed by atoms with Crippen LogP contribution in [0.2, 0.25) is 0 Å². The zero-order valence-corrected chi connectivity index (χ0v) is 16.6. The van der Waals surface area contributed by atoms with Crippen molar-refractivity contribution in [2.24, 2.45) is 4.99 Å². The van der Waals surface area contributed by atoms with Crippen LogP contribution in [0, 0.1) is 0 Å². The van der Waals surface area contributed by atoms with Gasteiger partial charge in [-0.3, -0.25) is 9.79 Å². The molecule has 0 saturated heterocycles. The number of hydrogen-bond donors (Lipinski definition) is 4. The lowest BCUT2D eigenvalue weighted by Gasteiger charge is -2.23. The van der Waals surface area contributed by atoms with Gasteiger partial charge in [-0.2, -0.15) is 0 Å². The van der Waals surface area contributed by atoms with Crippen molar-refractivity contribution in [3.63, 3.8) is 0 Å². The molecule has 1 rings (SSSR count). The molecule has 2 amide bonds. The molecule has 0 aromatic heterocycles.